The number of thiazole rings is 1. The first-order chi connectivity index (χ1) is 13.2. The first-order valence-corrected chi connectivity index (χ1v) is 9.98. The number of thioether (sulfide) groups is 1. The van der Waals surface area contributed by atoms with Crippen molar-refractivity contribution < 1.29 is 14.3 Å². The van der Waals surface area contributed by atoms with Crippen LogP contribution >= 0.6 is 23.1 Å². The predicted octanol–water partition coefficient (Wildman–Crippen LogP) is 3.79. The molecule has 0 spiro atoms. The van der Waals surface area contributed by atoms with E-state index in [9.17, 15) is 4.79 Å². The van der Waals surface area contributed by atoms with E-state index in [0.717, 1.165) is 15.2 Å². The van der Waals surface area contributed by atoms with Crippen LogP contribution in [0.5, 0.6) is 11.5 Å². The number of hydrogen-bond donors (Lipinski definition) is 1. The molecule has 136 valence electrons. The average molecular weight is 398 g/mol. The molecule has 1 aliphatic heterocycles. The molecule has 1 aliphatic rings. The van der Waals surface area contributed by atoms with E-state index in [4.69, 9.17) is 9.47 Å². The molecule has 5 rings (SSSR count). The Balaban J connectivity index is 1.36. The molecule has 1 N–H and O–H groups in total. The quantitative estimate of drug-likeness (QED) is 0.527. The van der Waals surface area contributed by atoms with Crippen LogP contribution in [0.25, 0.3) is 15.2 Å². The second-order valence-electron chi connectivity index (χ2n) is 5.99. The molecule has 2 aromatic heterocycles. The summed E-state index contributed by atoms with van der Waals surface area (Å²) in [5.41, 5.74) is 1.72. The number of benzene rings is 2. The molecule has 4 aromatic rings. The molecule has 2 aromatic carbocycles. The largest absolute Gasteiger partial charge is 0.454 e. The van der Waals surface area contributed by atoms with E-state index in [1.54, 1.807) is 29.5 Å². The van der Waals surface area contributed by atoms with Crippen molar-refractivity contribution in [3.63, 3.8) is 0 Å². The van der Waals surface area contributed by atoms with Crippen LogP contribution < -0.4 is 14.8 Å². The number of ether oxygens (including phenoxy) is 2. The monoisotopic (exact) mass is 398 g/mol. The fraction of sp³-hybridized carbons (Fsp3) is 0.167. The minimum atomic E-state index is -0.346. The van der Waals surface area contributed by atoms with Crippen LogP contribution in [0.3, 0.4) is 0 Å². The van der Waals surface area contributed by atoms with Gasteiger partial charge in [-0.25, -0.2) is 0 Å². The number of nitrogens with one attached hydrogen (secondary N) is 1. The number of aromatic nitrogens is 3. The smallest absolute Gasteiger partial charge is 0.237 e. The summed E-state index contributed by atoms with van der Waals surface area (Å²) in [4.78, 5) is 13.4. The summed E-state index contributed by atoms with van der Waals surface area (Å²) in [7, 11) is 0. The predicted molar refractivity (Wildman–Crippen MR) is 105 cm³/mol. The number of rotatable bonds is 4. The fourth-order valence-corrected chi connectivity index (χ4v) is 4.74. The zero-order valence-corrected chi connectivity index (χ0v) is 15.8. The molecule has 7 nitrogen and oxygen atoms in total. The number of carbonyl (C=O) groups is 1. The van der Waals surface area contributed by atoms with Gasteiger partial charge in [-0.2, -0.15) is 0 Å². The van der Waals surface area contributed by atoms with Crippen molar-refractivity contribution >= 4 is 49.9 Å². The molecule has 0 aliphatic carbocycles. The third-order valence-corrected chi connectivity index (χ3v) is 6.26. The molecule has 0 fully saturated rings. The van der Waals surface area contributed by atoms with Crippen molar-refractivity contribution in [2.75, 3.05) is 12.1 Å². The zero-order chi connectivity index (χ0) is 18.4. The highest BCUT2D eigenvalue weighted by Crippen LogP contribution is 2.35. The van der Waals surface area contributed by atoms with Gasteiger partial charge in [-0.05, 0) is 31.2 Å². The van der Waals surface area contributed by atoms with Crippen molar-refractivity contribution in [3.05, 3.63) is 42.5 Å². The number of hydrogen-bond acceptors (Lipinski definition) is 7. The number of fused-ring (bicyclic) bond motifs is 4. The average Bonchev–Trinajstić information content (AvgIpc) is 3.37. The van der Waals surface area contributed by atoms with Gasteiger partial charge in [0.05, 0.1) is 15.5 Å². The lowest BCUT2D eigenvalue weighted by molar-refractivity contribution is -0.115. The van der Waals surface area contributed by atoms with Crippen molar-refractivity contribution in [2.45, 2.75) is 17.3 Å². The number of nitrogens with zero attached hydrogens (tertiary/aromatic N) is 3. The van der Waals surface area contributed by atoms with Gasteiger partial charge in [0.15, 0.2) is 16.7 Å². The first-order valence-electron chi connectivity index (χ1n) is 8.29. The van der Waals surface area contributed by atoms with Gasteiger partial charge in [0.25, 0.3) is 0 Å². The molecule has 9 heteroatoms. The van der Waals surface area contributed by atoms with Gasteiger partial charge in [-0.15, -0.1) is 10.2 Å². The zero-order valence-electron chi connectivity index (χ0n) is 14.2. The minimum absolute atomic E-state index is 0.116. The van der Waals surface area contributed by atoms with E-state index in [2.05, 4.69) is 21.6 Å². The van der Waals surface area contributed by atoms with Crippen molar-refractivity contribution in [1.82, 2.24) is 14.6 Å². The molecule has 1 atom stereocenters. The number of anilines is 1. The number of para-hydroxylation sites is 1. The van der Waals surface area contributed by atoms with E-state index in [1.807, 2.05) is 29.5 Å². The van der Waals surface area contributed by atoms with Crippen LogP contribution in [-0.2, 0) is 4.79 Å². The molecular weight excluding hydrogens is 384 g/mol. The van der Waals surface area contributed by atoms with Crippen molar-refractivity contribution in [3.8, 4) is 11.5 Å². The van der Waals surface area contributed by atoms with Crippen molar-refractivity contribution in [1.29, 1.82) is 0 Å². The molecule has 0 saturated heterocycles. The molecule has 1 amide bonds. The van der Waals surface area contributed by atoms with Crippen LogP contribution in [0.2, 0.25) is 0 Å². The van der Waals surface area contributed by atoms with E-state index in [1.165, 1.54) is 11.8 Å². The van der Waals surface area contributed by atoms with Crippen molar-refractivity contribution in [2.24, 2.45) is 0 Å². The summed E-state index contributed by atoms with van der Waals surface area (Å²) in [6.45, 7) is 2.05. The molecule has 0 bridgehead atoms. The summed E-state index contributed by atoms with van der Waals surface area (Å²) >= 11 is 2.96. The fourth-order valence-electron chi connectivity index (χ4n) is 2.86. The topological polar surface area (TPSA) is 77.8 Å². The Hall–Kier alpha value is -2.78. The van der Waals surface area contributed by atoms with Crippen LogP contribution in [0.15, 0.2) is 47.6 Å². The Morgan fingerprint density at radius 2 is 2.07 bits per heavy atom. The highest BCUT2D eigenvalue weighted by Gasteiger charge is 2.21. The molecule has 3 heterocycles. The minimum Gasteiger partial charge on any atom is -0.454 e. The third-order valence-electron chi connectivity index (χ3n) is 4.20. The molecule has 0 saturated carbocycles. The Bertz CT molecular complexity index is 1170. The summed E-state index contributed by atoms with van der Waals surface area (Å²) in [6, 6.07) is 13.4. The Morgan fingerprint density at radius 1 is 1.22 bits per heavy atom. The van der Waals surface area contributed by atoms with Gasteiger partial charge in [-0.1, -0.05) is 35.2 Å². The molecule has 0 unspecified atom stereocenters. The Labute approximate surface area is 162 Å². The summed E-state index contributed by atoms with van der Waals surface area (Å²) < 4.78 is 13.8. The molecular formula is C18H14N4O3S2. The lowest BCUT2D eigenvalue weighted by atomic mass is 10.2. The number of amides is 1. The SMILES string of the molecule is C[C@@H](Sc1nnc2sc3ccccc3n12)C(=O)Nc1ccc2c(c1)OCO2. The summed E-state index contributed by atoms with van der Waals surface area (Å²) in [5, 5.41) is 11.8. The van der Waals surface area contributed by atoms with E-state index in [-0.39, 0.29) is 18.0 Å². The number of carbonyl (C=O) groups excluding carboxylic acids is 1. The first kappa shape index (κ1) is 16.4. The molecule has 27 heavy (non-hydrogen) atoms. The van der Waals surface area contributed by atoms with Gasteiger partial charge >= 0.3 is 0 Å². The molecule has 0 radical (unpaired) electrons. The second kappa shape index (κ2) is 6.43. The highest BCUT2D eigenvalue weighted by molar-refractivity contribution is 8.00. The summed E-state index contributed by atoms with van der Waals surface area (Å²) in [6.07, 6.45) is 0. The van der Waals surface area contributed by atoms with Gasteiger partial charge in [0.2, 0.25) is 17.7 Å². The van der Waals surface area contributed by atoms with E-state index in [0.29, 0.717) is 22.3 Å². The Kier molecular flexibility index (Phi) is 3.91. The van der Waals surface area contributed by atoms with E-state index < -0.39 is 0 Å². The van der Waals surface area contributed by atoms with Gasteiger partial charge < -0.3 is 14.8 Å². The van der Waals surface area contributed by atoms with Crippen LogP contribution in [-0.4, -0.2) is 32.5 Å². The maximum Gasteiger partial charge on any atom is 0.237 e. The highest BCUT2D eigenvalue weighted by atomic mass is 32.2. The van der Waals surface area contributed by atoms with E-state index >= 15 is 0 Å². The lowest BCUT2D eigenvalue weighted by Crippen LogP contribution is -2.22. The lowest BCUT2D eigenvalue weighted by Gasteiger charge is -2.11. The maximum absolute atomic E-state index is 12.6. The maximum atomic E-state index is 12.6. The van der Waals surface area contributed by atoms with Gasteiger partial charge in [0, 0.05) is 11.8 Å². The standard InChI is InChI=1S/C18H14N4O3S2/c1-10(16(23)19-11-6-7-13-14(8-11)25-9-24-13)26-17-20-21-18-22(17)12-4-2-3-5-15(12)27-18/h2-8,10H,9H2,1H3,(H,19,23)/t10-/m1/s1. The van der Waals surface area contributed by atoms with Crippen LogP contribution in [0, 0.1) is 0 Å². The third kappa shape index (κ3) is 2.88. The Morgan fingerprint density at radius 3 is 3.00 bits per heavy atom. The van der Waals surface area contributed by atoms with Gasteiger partial charge in [-0.3, -0.25) is 9.20 Å². The summed E-state index contributed by atoms with van der Waals surface area (Å²) in [5.74, 6) is 1.21. The second-order valence-corrected chi connectivity index (χ2v) is 8.30. The van der Waals surface area contributed by atoms with Crippen LogP contribution in [0.4, 0.5) is 5.69 Å². The van der Waals surface area contributed by atoms with Crippen LogP contribution in [0.1, 0.15) is 6.92 Å². The van der Waals surface area contributed by atoms with Gasteiger partial charge in [0.1, 0.15) is 0 Å². The normalized spacial score (nSPS) is 14.0.